The van der Waals surface area contributed by atoms with Crippen LogP contribution in [-0.2, 0) is 6.61 Å². The molecule has 0 aromatic heterocycles. The first-order chi connectivity index (χ1) is 11.3. The molecule has 0 saturated carbocycles. The van der Waals surface area contributed by atoms with E-state index in [1.807, 2.05) is 36.4 Å². The minimum atomic E-state index is -0.184. The van der Waals surface area contributed by atoms with Crippen molar-refractivity contribution in [3.05, 3.63) is 78.4 Å². The molecule has 0 bridgehead atoms. The van der Waals surface area contributed by atoms with Crippen molar-refractivity contribution in [2.24, 2.45) is 0 Å². The van der Waals surface area contributed by atoms with Crippen molar-refractivity contribution in [1.29, 1.82) is 0 Å². The van der Waals surface area contributed by atoms with Crippen molar-refractivity contribution in [2.75, 3.05) is 0 Å². The quantitative estimate of drug-likeness (QED) is 0.730. The predicted octanol–water partition coefficient (Wildman–Crippen LogP) is 4.47. The molecule has 3 aromatic rings. The fraction of sp³-hybridized carbons (Fsp3) is 0.0526. The van der Waals surface area contributed by atoms with Crippen LogP contribution in [0.15, 0.2) is 72.8 Å². The molecule has 0 fully saturated rings. The Hall–Kier alpha value is -2.98. The van der Waals surface area contributed by atoms with E-state index < -0.39 is 0 Å². The Kier molecular flexibility index (Phi) is 4.45. The molecule has 0 aliphatic heterocycles. The number of ether oxygens (including phenoxy) is 2. The summed E-state index contributed by atoms with van der Waals surface area (Å²) in [5.74, 6) is 1.52. The van der Waals surface area contributed by atoms with Crippen LogP contribution < -0.4 is 9.47 Å². The summed E-state index contributed by atoms with van der Waals surface area (Å²) < 4.78 is 11.4. The Labute approximate surface area is 134 Å². The standard InChI is InChI=1S/C19H16O4/c20-13-14-11-17(22-15-7-3-1-4-8-15)19(21)18(12-14)23-16-9-5-2-6-10-16/h1-12,20-21H,13H2. The second kappa shape index (κ2) is 6.85. The fourth-order valence-corrected chi connectivity index (χ4v) is 2.11. The minimum absolute atomic E-state index is 0.116. The molecule has 0 radical (unpaired) electrons. The molecular weight excluding hydrogens is 292 g/mol. The molecule has 0 amide bonds. The summed E-state index contributed by atoms with van der Waals surface area (Å²) in [6.07, 6.45) is 0. The van der Waals surface area contributed by atoms with Crippen LogP contribution in [0, 0.1) is 0 Å². The molecule has 0 saturated heterocycles. The normalized spacial score (nSPS) is 10.3. The van der Waals surface area contributed by atoms with Crippen molar-refractivity contribution < 1.29 is 19.7 Å². The van der Waals surface area contributed by atoms with Gasteiger partial charge >= 0.3 is 0 Å². The highest BCUT2D eigenvalue weighted by molar-refractivity contribution is 5.55. The van der Waals surface area contributed by atoms with E-state index in [1.54, 1.807) is 36.4 Å². The molecular formula is C19H16O4. The van der Waals surface area contributed by atoms with E-state index in [-0.39, 0.29) is 23.9 Å². The van der Waals surface area contributed by atoms with Crippen LogP contribution >= 0.6 is 0 Å². The zero-order chi connectivity index (χ0) is 16.1. The Balaban J connectivity index is 1.95. The summed E-state index contributed by atoms with van der Waals surface area (Å²) in [7, 11) is 0. The smallest absolute Gasteiger partial charge is 0.202 e. The molecule has 4 heteroatoms. The first-order valence-electron chi connectivity index (χ1n) is 7.19. The molecule has 0 aliphatic carbocycles. The van der Waals surface area contributed by atoms with Gasteiger partial charge in [0.05, 0.1) is 6.61 Å². The van der Waals surface area contributed by atoms with Crippen LogP contribution in [0.4, 0.5) is 0 Å². The summed E-state index contributed by atoms with van der Waals surface area (Å²) in [6.45, 7) is -0.184. The first kappa shape index (κ1) is 14.9. The van der Waals surface area contributed by atoms with Gasteiger partial charge in [-0.2, -0.15) is 0 Å². The average molecular weight is 308 g/mol. The maximum absolute atomic E-state index is 10.4. The molecule has 0 spiro atoms. The highest BCUT2D eigenvalue weighted by Gasteiger charge is 2.14. The fourth-order valence-electron chi connectivity index (χ4n) is 2.11. The van der Waals surface area contributed by atoms with Crippen LogP contribution in [0.2, 0.25) is 0 Å². The first-order valence-corrected chi connectivity index (χ1v) is 7.19. The lowest BCUT2D eigenvalue weighted by atomic mass is 10.2. The Morgan fingerprint density at radius 1 is 0.696 bits per heavy atom. The van der Waals surface area contributed by atoms with Gasteiger partial charge in [-0.05, 0) is 42.0 Å². The number of aliphatic hydroxyl groups is 1. The van der Waals surface area contributed by atoms with E-state index in [1.165, 1.54) is 0 Å². The summed E-state index contributed by atoms with van der Waals surface area (Å²) in [5, 5.41) is 19.8. The van der Waals surface area contributed by atoms with E-state index in [2.05, 4.69) is 0 Å². The average Bonchev–Trinajstić information content (AvgIpc) is 2.60. The summed E-state index contributed by atoms with van der Waals surface area (Å²) in [4.78, 5) is 0. The molecule has 0 aliphatic rings. The SMILES string of the molecule is OCc1cc(Oc2ccccc2)c(O)c(Oc2ccccc2)c1. The molecule has 3 aromatic carbocycles. The third kappa shape index (κ3) is 3.62. The van der Waals surface area contributed by atoms with Crippen molar-refractivity contribution >= 4 is 0 Å². The van der Waals surface area contributed by atoms with Gasteiger partial charge in [-0.25, -0.2) is 0 Å². The van der Waals surface area contributed by atoms with Gasteiger partial charge in [-0.3, -0.25) is 0 Å². The molecule has 0 atom stereocenters. The minimum Gasteiger partial charge on any atom is -0.502 e. The Morgan fingerprint density at radius 3 is 1.52 bits per heavy atom. The summed E-state index contributed by atoms with van der Waals surface area (Å²) in [6, 6.07) is 21.4. The van der Waals surface area contributed by atoms with Crippen LogP contribution in [-0.4, -0.2) is 10.2 Å². The van der Waals surface area contributed by atoms with E-state index in [4.69, 9.17) is 9.47 Å². The maximum atomic E-state index is 10.4. The largest absolute Gasteiger partial charge is 0.502 e. The van der Waals surface area contributed by atoms with Crippen molar-refractivity contribution in [1.82, 2.24) is 0 Å². The highest BCUT2D eigenvalue weighted by atomic mass is 16.5. The third-order valence-corrected chi connectivity index (χ3v) is 3.22. The molecule has 116 valence electrons. The van der Waals surface area contributed by atoms with Gasteiger partial charge in [0.25, 0.3) is 0 Å². The molecule has 0 heterocycles. The van der Waals surface area contributed by atoms with E-state index in [9.17, 15) is 10.2 Å². The number of rotatable bonds is 5. The zero-order valence-corrected chi connectivity index (χ0v) is 12.3. The molecule has 3 rings (SSSR count). The number of aliphatic hydroxyl groups excluding tert-OH is 1. The Morgan fingerprint density at radius 2 is 1.13 bits per heavy atom. The van der Waals surface area contributed by atoms with Gasteiger partial charge in [0.1, 0.15) is 11.5 Å². The highest BCUT2D eigenvalue weighted by Crippen LogP contribution is 2.41. The second-order valence-corrected chi connectivity index (χ2v) is 4.93. The van der Waals surface area contributed by atoms with E-state index in [0.29, 0.717) is 17.1 Å². The lowest BCUT2D eigenvalue weighted by molar-refractivity contribution is 0.280. The van der Waals surface area contributed by atoms with Crippen LogP contribution in [0.25, 0.3) is 0 Å². The number of hydrogen-bond acceptors (Lipinski definition) is 4. The topological polar surface area (TPSA) is 58.9 Å². The maximum Gasteiger partial charge on any atom is 0.202 e. The van der Waals surface area contributed by atoms with Crippen LogP contribution in [0.1, 0.15) is 5.56 Å². The van der Waals surface area contributed by atoms with Gasteiger partial charge in [0, 0.05) is 0 Å². The van der Waals surface area contributed by atoms with Gasteiger partial charge in [-0.1, -0.05) is 36.4 Å². The van der Waals surface area contributed by atoms with Crippen molar-refractivity contribution in [3.63, 3.8) is 0 Å². The number of para-hydroxylation sites is 2. The van der Waals surface area contributed by atoms with Crippen LogP contribution in [0.3, 0.4) is 0 Å². The predicted molar refractivity (Wildman–Crippen MR) is 87.1 cm³/mol. The van der Waals surface area contributed by atoms with Gasteiger partial charge in [-0.15, -0.1) is 0 Å². The zero-order valence-electron chi connectivity index (χ0n) is 12.3. The van der Waals surface area contributed by atoms with Crippen LogP contribution in [0.5, 0.6) is 28.7 Å². The molecule has 2 N–H and O–H groups in total. The molecule has 4 nitrogen and oxygen atoms in total. The summed E-state index contributed by atoms with van der Waals surface area (Å²) >= 11 is 0. The van der Waals surface area contributed by atoms with E-state index in [0.717, 1.165) is 0 Å². The lowest BCUT2D eigenvalue weighted by Gasteiger charge is -2.14. The van der Waals surface area contributed by atoms with Gasteiger partial charge in [0.15, 0.2) is 11.5 Å². The number of benzene rings is 3. The van der Waals surface area contributed by atoms with Gasteiger partial charge < -0.3 is 19.7 Å². The second-order valence-electron chi connectivity index (χ2n) is 4.93. The lowest BCUT2D eigenvalue weighted by Crippen LogP contribution is -1.93. The number of aromatic hydroxyl groups is 1. The summed E-state index contributed by atoms with van der Waals surface area (Å²) in [5.41, 5.74) is 0.583. The Bertz CT molecular complexity index is 707. The number of phenols is 1. The molecule has 0 unspecified atom stereocenters. The van der Waals surface area contributed by atoms with Gasteiger partial charge in [0.2, 0.25) is 5.75 Å². The van der Waals surface area contributed by atoms with Crippen molar-refractivity contribution in [2.45, 2.75) is 6.61 Å². The third-order valence-electron chi connectivity index (χ3n) is 3.22. The number of phenolic OH excluding ortho intramolecular Hbond substituents is 1. The van der Waals surface area contributed by atoms with E-state index >= 15 is 0 Å². The monoisotopic (exact) mass is 308 g/mol. The van der Waals surface area contributed by atoms with Crippen molar-refractivity contribution in [3.8, 4) is 28.7 Å². The number of hydrogen-bond donors (Lipinski definition) is 2. The molecule has 23 heavy (non-hydrogen) atoms.